The third kappa shape index (κ3) is 3.47. The summed E-state index contributed by atoms with van der Waals surface area (Å²) in [7, 11) is -2.14. The Morgan fingerprint density at radius 2 is 1.87 bits per heavy atom. The van der Waals surface area contributed by atoms with Crippen molar-refractivity contribution < 1.29 is 27.9 Å². The van der Waals surface area contributed by atoms with Crippen molar-refractivity contribution in [1.29, 1.82) is 0 Å². The molecule has 1 fully saturated rings. The lowest BCUT2D eigenvalue weighted by molar-refractivity contribution is -0.144. The molecule has 126 valence electrons. The molecule has 0 aromatic heterocycles. The molecule has 1 amide bonds. The third-order valence-electron chi connectivity index (χ3n) is 4.06. The molecule has 0 atom stereocenters. The molecular formula is C15H19NO6S. The smallest absolute Gasteiger partial charge is 0.329 e. The van der Waals surface area contributed by atoms with Crippen molar-refractivity contribution in [2.24, 2.45) is 0 Å². The van der Waals surface area contributed by atoms with Gasteiger partial charge in [0.15, 0.2) is 9.84 Å². The van der Waals surface area contributed by atoms with Crippen LogP contribution in [0.4, 0.5) is 0 Å². The summed E-state index contributed by atoms with van der Waals surface area (Å²) >= 11 is 0. The van der Waals surface area contributed by atoms with Crippen molar-refractivity contribution in [3.05, 3.63) is 23.8 Å². The fraction of sp³-hybridized carbons (Fsp3) is 0.467. The van der Waals surface area contributed by atoms with Gasteiger partial charge in [-0.1, -0.05) is 12.8 Å². The second-order valence-electron chi connectivity index (χ2n) is 5.68. The Hall–Kier alpha value is -2.09. The Kier molecular flexibility index (Phi) is 4.65. The summed E-state index contributed by atoms with van der Waals surface area (Å²) in [6.07, 6.45) is 3.16. The lowest BCUT2D eigenvalue weighted by Crippen LogP contribution is -2.52. The quantitative estimate of drug-likeness (QED) is 0.833. The molecule has 2 N–H and O–H groups in total. The van der Waals surface area contributed by atoms with Crippen LogP contribution < -0.4 is 10.1 Å². The van der Waals surface area contributed by atoms with Gasteiger partial charge in [0, 0.05) is 6.26 Å². The molecule has 0 aliphatic heterocycles. The van der Waals surface area contributed by atoms with E-state index in [9.17, 15) is 23.1 Å². The van der Waals surface area contributed by atoms with Crippen LogP contribution in [0.25, 0.3) is 0 Å². The van der Waals surface area contributed by atoms with E-state index >= 15 is 0 Å². The number of carboxylic acids is 1. The number of rotatable bonds is 5. The Morgan fingerprint density at radius 3 is 2.35 bits per heavy atom. The first-order valence-electron chi connectivity index (χ1n) is 7.14. The van der Waals surface area contributed by atoms with Crippen LogP contribution in [0.5, 0.6) is 5.75 Å². The van der Waals surface area contributed by atoms with Gasteiger partial charge in [0.2, 0.25) is 0 Å². The van der Waals surface area contributed by atoms with Crippen molar-refractivity contribution >= 4 is 21.7 Å². The van der Waals surface area contributed by atoms with E-state index in [4.69, 9.17) is 4.74 Å². The van der Waals surface area contributed by atoms with E-state index < -0.39 is 27.3 Å². The van der Waals surface area contributed by atoms with Gasteiger partial charge in [-0.2, -0.15) is 0 Å². The summed E-state index contributed by atoms with van der Waals surface area (Å²) in [6, 6.07) is 3.93. The standard InChI is InChI=1S/C15H19NO6S/c1-22-12-6-5-10(23(2,20)21)9-11(12)13(17)16-15(14(18)19)7-3-4-8-15/h5-6,9H,3-4,7-8H2,1-2H3,(H,16,17)(H,18,19). The van der Waals surface area contributed by atoms with E-state index in [1.54, 1.807) is 0 Å². The molecule has 1 saturated carbocycles. The number of methoxy groups -OCH3 is 1. The fourth-order valence-electron chi connectivity index (χ4n) is 2.75. The summed E-state index contributed by atoms with van der Waals surface area (Å²) < 4.78 is 28.4. The number of carboxylic acid groups (broad SMARTS) is 1. The monoisotopic (exact) mass is 341 g/mol. The van der Waals surface area contributed by atoms with Gasteiger partial charge in [-0.05, 0) is 31.0 Å². The Labute approximate surface area is 134 Å². The second-order valence-corrected chi connectivity index (χ2v) is 7.70. The van der Waals surface area contributed by atoms with Crippen LogP contribution in [0.1, 0.15) is 36.0 Å². The van der Waals surface area contributed by atoms with Gasteiger partial charge in [-0.3, -0.25) is 4.79 Å². The van der Waals surface area contributed by atoms with E-state index in [2.05, 4.69) is 5.32 Å². The number of nitrogens with one attached hydrogen (secondary N) is 1. The van der Waals surface area contributed by atoms with E-state index in [0.717, 1.165) is 6.26 Å². The molecule has 0 heterocycles. The molecule has 0 radical (unpaired) electrons. The minimum atomic E-state index is -3.49. The molecule has 8 heteroatoms. The zero-order chi connectivity index (χ0) is 17.3. The summed E-state index contributed by atoms with van der Waals surface area (Å²) in [4.78, 5) is 24.0. The van der Waals surface area contributed by atoms with Gasteiger partial charge in [-0.25, -0.2) is 13.2 Å². The van der Waals surface area contributed by atoms with Crippen molar-refractivity contribution in [3.8, 4) is 5.75 Å². The molecule has 1 aliphatic carbocycles. The largest absolute Gasteiger partial charge is 0.496 e. The van der Waals surface area contributed by atoms with Gasteiger partial charge in [0.05, 0.1) is 17.6 Å². The van der Waals surface area contributed by atoms with Gasteiger partial charge in [-0.15, -0.1) is 0 Å². The predicted octanol–water partition coefficient (Wildman–Crippen LogP) is 1.23. The van der Waals surface area contributed by atoms with Gasteiger partial charge in [0.25, 0.3) is 5.91 Å². The first kappa shape index (κ1) is 17.3. The van der Waals surface area contributed by atoms with Crippen molar-refractivity contribution in [3.63, 3.8) is 0 Å². The first-order chi connectivity index (χ1) is 10.7. The maximum atomic E-state index is 12.5. The molecule has 23 heavy (non-hydrogen) atoms. The van der Waals surface area contributed by atoms with E-state index in [1.807, 2.05) is 0 Å². The Bertz CT molecular complexity index is 734. The Balaban J connectivity index is 2.40. The predicted molar refractivity (Wildman–Crippen MR) is 82.4 cm³/mol. The third-order valence-corrected chi connectivity index (χ3v) is 5.17. The van der Waals surface area contributed by atoms with Crippen LogP contribution in [-0.4, -0.2) is 44.3 Å². The van der Waals surface area contributed by atoms with Crippen molar-refractivity contribution in [1.82, 2.24) is 5.32 Å². The number of hydrogen-bond donors (Lipinski definition) is 2. The summed E-state index contributed by atoms with van der Waals surface area (Å²) in [5.41, 5.74) is -1.30. The number of sulfone groups is 1. The molecule has 7 nitrogen and oxygen atoms in total. The molecular weight excluding hydrogens is 322 g/mol. The van der Waals surface area contributed by atoms with Crippen LogP contribution in [0.2, 0.25) is 0 Å². The van der Waals surface area contributed by atoms with Crippen LogP contribution in [0.15, 0.2) is 23.1 Å². The van der Waals surface area contributed by atoms with E-state index in [1.165, 1.54) is 25.3 Å². The van der Waals surface area contributed by atoms with Gasteiger partial charge < -0.3 is 15.2 Å². The van der Waals surface area contributed by atoms with Crippen LogP contribution in [0.3, 0.4) is 0 Å². The highest BCUT2D eigenvalue weighted by atomic mass is 32.2. The number of carbonyl (C=O) groups excluding carboxylic acids is 1. The van der Waals surface area contributed by atoms with Crippen LogP contribution in [0, 0.1) is 0 Å². The van der Waals surface area contributed by atoms with E-state index in [0.29, 0.717) is 25.7 Å². The molecule has 1 aliphatic rings. The zero-order valence-corrected chi connectivity index (χ0v) is 13.8. The van der Waals surface area contributed by atoms with E-state index in [-0.39, 0.29) is 16.2 Å². The maximum absolute atomic E-state index is 12.5. The lowest BCUT2D eigenvalue weighted by atomic mass is 9.97. The number of aliphatic carboxylic acids is 1. The number of carbonyl (C=O) groups is 2. The molecule has 1 aromatic rings. The fourth-order valence-corrected chi connectivity index (χ4v) is 3.40. The van der Waals surface area contributed by atoms with Crippen LogP contribution in [-0.2, 0) is 14.6 Å². The number of amides is 1. The lowest BCUT2D eigenvalue weighted by Gasteiger charge is -2.25. The molecule has 1 aromatic carbocycles. The average Bonchev–Trinajstić information content (AvgIpc) is 2.95. The maximum Gasteiger partial charge on any atom is 0.329 e. The zero-order valence-electron chi connectivity index (χ0n) is 13.0. The number of benzene rings is 1. The normalized spacial score (nSPS) is 16.8. The molecule has 0 bridgehead atoms. The van der Waals surface area contributed by atoms with Crippen LogP contribution >= 0.6 is 0 Å². The summed E-state index contributed by atoms with van der Waals surface area (Å²) in [5, 5.41) is 12.0. The molecule has 0 saturated heterocycles. The average molecular weight is 341 g/mol. The van der Waals surface area contributed by atoms with Crippen molar-refractivity contribution in [2.75, 3.05) is 13.4 Å². The summed E-state index contributed by atoms with van der Waals surface area (Å²) in [5.74, 6) is -1.55. The number of ether oxygens (including phenoxy) is 1. The highest BCUT2D eigenvalue weighted by Gasteiger charge is 2.43. The number of hydrogen-bond acceptors (Lipinski definition) is 5. The van der Waals surface area contributed by atoms with Gasteiger partial charge >= 0.3 is 5.97 Å². The van der Waals surface area contributed by atoms with Crippen molar-refractivity contribution in [2.45, 2.75) is 36.1 Å². The first-order valence-corrected chi connectivity index (χ1v) is 9.03. The molecule has 2 rings (SSSR count). The molecule has 0 spiro atoms. The second kappa shape index (κ2) is 6.19. The minimum absolute atomic E-state index is 0.00273. The topological polar surface area (TPSA) is 110 Å². The molecule has 0 unspecified atom stereocenters. The minimum Gasteiger partial charge on any atom is -0.496 e. The highest BCUT2D eigenvalue weighted by Crippen LogP contribution is 2.31. The summed E-state index contributed by atoms with van der Waals surface area (Å²) in [6.45, 7) is 0. The SMILES string of the molecule is COc1ccc(S(C)(=O)=O)cc1C(=O)NC1(C(=O)O)CCCC1. The highest BCUT2D eigenvalue weighted by molar-refractivity contribution is 7.90. The Morgan fingerprint density at radius 1 is 1.26 bits per heavy atom. The van der Waals surface area contributed by atoms with Gasteiger partial charge in [0.1, 0.15) is 11.3 Å².